The van der Waals surface area contributed by atoms with Crippen molar-refractivity contribution in [3.8, 4) is 0 Å². The molecule has 116 valence electrons. The molecule has 0 spiro atoms. The summed E-state index contributed by atoms with van der Waals surface area (Å²) in [5.41, 5.74) is 1.04. The summed E-state index contributed by atoms with van der Waals surface area (Å²) < 4.78 is 1.72. The predicted molar refractivity (Wildman–Crippen MR) is 83.1 cm³/mol. The van der Waals surface area contributed by atoms with Crippen LogP contribution in [-0.4, -0.2) is 27.8 Å². The molecule has 0 atom stereocenters. The fraction of sp³-hybridized carbons (Fsp3) is 0.750. The maximum atomic E-state index is 11.7. The van der Waals surface area contributed by atoms with Crippen molar-refractivity contribution in [2.45, 2.75) is 70.5 Å². The van der Waals surface area contributed by atoms with E-state index in [0.29, 0.717) is 18.6 Å². The molecule has 1 amide bonds. The lowest BCUT2D eigenvalue weighted by molar-refractivity contribution is -0.122. The third-order valence-corrected chi connectivity index (χ3v) is 4.68. The number of carbonyl (C=O) groups is 1. The van der Waals surface area contributed by atoms with Crippen LogP contribution in [0.15, 0.2) is 12.4 Å². The van der Waals surface area contributed by atoms with E-state index in [-0.39, 0.29) is 5.91 Å². The number of nitrogens with zero attached hydrogens (tertiary/aromatic N) is 2. The first-order valence-corrected chi connectivity index (χ1v) is 8.31. The van der Waals surface area contributed by atoms with E-state index in [0.717, 1.165) is 24.4 Å². The second-order valence-electron chi connectivity index (χ2n) is 6.54. The lowest BCUT2D eigenvalue weighted by atomic mass is 9.84. The SMILES string of the molecule is CCC1CCC(Nc2cnn(CC(=O)NC3CC3)c2)CC1. The lowest BCUT2D eigenvalue weighted by Crippen LogP contribution is -2.29. The minimum Gasteiger partial charge on any atom is -0.380 e. The predicted octanol–water partition coefficient (Wildman–Crippen LogP) is 2.54. The summed E-state index contributed by atoms with van der Waals surface area (Å²) in [6.45, 7) is 2.61. The van der Waals surface area contributed by atoms with Crippen molar-refractivity contribution in [1.29, 1.82) is 0 Å². The number of aromatic nitrogens is 2. The molecule has 0 saturated heterocycles. The van der Waals surface area contributed by atoms with Crippen LogP contribution in [0.3, 0.4) is 0 Å². The third kappa shape index (κ3) is 4.22. The van der Waals surface area contributed by atoms with Gasteiger partial charge in [-0.25, -0.2) is 0 Å². The molecule has 0 aliphatic heterocycles. The van der Waals surface area contributed by atoms with E-state index in [4.69, 9.17) is 0 Å². The normalized spacial score (nSPS) is 25.6. The molecule has 3 rings (SSSR count). The molecule has 0 unspecified atom stereocenters. The van der Waals surface area contributed by atoms with Gasteiger partial charge in [0.25, 0.3) is 0 Å². The van der Waals surface area contributed by atoms with Gasteiger partial charge in [-0.1, -0.05) is 13.3 Å². The number of nitrogens with one attached hydrogen (secondary N) is 2. The fourth-order valence-electron chi connectivity index (χ4n) is 3.12. The van der Waals surface area contributed by atoms with E-state index in [1.807, 2.05) is 12.4 Å². The monoisotopic (exact) mass is 290 g/mol. The van der Waals surface area contributed by atoms with Gasteiger partial charge in [0.2, 0.25) is 5.91 Å². The van der Waals surface area contributed by atoms with E-state index < -0.39 is 0 Å². The smallest absolute Gasteiger partial charge is 0.241 e. The van der Waals surface area contributed by atoms with Gasteiger partial charge in [0, 0.05) is 18.3 Å². The van der Waals surface area contributed by atoms with Gasteiger partial charge >= 0.3 is 0 Å². The number of amides is 1. The highest BCUT2D eigenvalue weighted by Crippen LogP contribution is 2.28. The van der Waals surface area contributed by atoms with Crippen LogP contribution in [0.25, 0.3) is 0 Å². The van der Waals surface area contributed by atoms with E-state index in [1.165, 1.54) is 32.1 Å². The van der Waals surface area contributed by atoms with Crippen LogP contribution < -0.4 is 10.6 Å². The Morgan fingerprint density at radius 1 is 1.24 bits per heavy atom. The zero-order valence-electron chi connectivity index (χ0n) is 12.8. The van der Waals surface area contributed by atoms with E-state index in [1.54, 1.807) is 4.68 Å². The minimum atomic E-state index is 0.0654. The van der Waals surface area contributed by atoms with Crippen LogP contribution in [0.4, 0.5) is 5.69 Å². The summed E-state index contributed by atoms with van der Waals surface area (Å²) in [6, 6.07) is 0.977. The highest BCUT2D eigenvalue weighted by atomic mass is 16.2. The Balaban J connectivity index is 1.45. The second-order valence-corrected chi connectivity index (χ2v) is 6.54. The van der Waals surface area contributed by atoms with Gasteiger partial charge in [0.1, 0.15) is 6.54 Å². The number of hydrogen-bond donors (Lipinski definition) is 2. The summed E-state index contributed by atoms with van der Waals surface area (Å²) in [7, 11) is 0. The average molecular weight is 290 g/mol. The molecule has 1 aromatic rings. The number of anilines is 1. The fourth-order valence-corrected chi connectivity index (χ4v) is 3.12. The Labute approximate surface area is 126 Å². The first-order valence-electron chi connectivity index (χ1n) is 8.31. The van der Waals surface area contributed by atoms with Gasteiger partial charge < -0.3 is 10.6 Å². The van der Waals surface area contributed by atoms with Gasteiger partial charge in [-0.05, 0) is 44.4 Å². The Kier molecular flexibility index (Phi) is 4.46. The molecule has 0 aromatic carbocycles. The van der Waals surface area contributed by atoms with E-state index in [2.05, 4.69) is 22.7 Å². The van der Waals surface area contributed by atoms with Crippen LogP contribution in [0.5, 0.6) is 0 Å². The molecule has 1 heterocycles. The summed E-state index contributed by atoms with van der Waals surface area (Å²) in [6.07, 6.45) is 12.5. The first kappa shape index (κ1) is 14.4. The van der Waals surface area contributed by atoms with E-state index in [9.17, 15) is 4.79 Å². The largest absolute Gasteiger partial charge is 0.380 e. The van der Waals surface area contributed by atoms with Gasteiger partial charge in [-0.15, -0.1) is 0 Å². The van der Waals surface area contributed by atoms with Gasteiger partial charge in [0.15, 0.2) is 0 Å². The standard InChI is InChI=1S/C16H26N4O/c1-2-12-3-5-13(6-4-12)18-15-9-17-20(10-15)11-16(21)19-14-7-8-14/h9-10,12-14,18H,2-8,11H2,1H3,(H,19,21). The van der Waals surface area contributed by atoms with Crippen LogP contribution in [0.1, 0.15) is 51.9 Å². The summed E-state index contributed by atoms with van der Waals surface area (Å²) in [5.74, 6) is 0.979. The second kappa shape index (κ2) is 6.50. The molecule has 2 saturated carbocycles. The van der Waals surface area contributed by atoms with Crippen molar-refractivity contribution in [3.05, 3.63) is 12.4 Å². The highest BCUT2D eigenvalue weighted by molar-refractivity contribution is 5.76. The quantitative estimate of drug-likeness (QED) is 0.846. The third-order valence-electron chi connectivity index (χ3n) is 4.68. The topological polar surface area (TPSA) is 59.0 Å². The molecule has 2 aliphatic rings. The van der Waals surface area contributed by atoms with Crippen LogP contribution in [-0.2, 0) is 11.3 Å². The molecule has 5 heteroatoms. The van der Waals surface area contributed by atoms with Crippen LogP contribution >= 0.6 is 0 Å². The molecule has 2 N–H and O–H groups in total. The van der Waals surface area contributed by atoms with Crippen molar-refractivity contribution < 1.29 is 4.79 Å². The van der Waals surface area contributed by atoms with Crippen molar-refractivity contribution in [2.24, 2.45) is 5.92 Å². The zero-order valence-corrected chi connectivity index (χ0v) is 12.8. The van der Waals surface area contributed by atoms with Crippen molar-refractivity contribution in [1.82, 2.24) is 15.1 Å². The lowest BCUT2D eigenvalue weighted by Gasteiger charge is -2.28. The van der Waals surface area contributed by atoms with Gasteiger partial charge in [0.05, 0.1) is 11.9 Å². The molecule has 2 fully saturated rings. The molecular formula is C16H26N4O. The highest BCUT2D eigenvalue weighted by Gasteiger charge is 2.23. The molecule has 2 aliphatic carbocycles. The summed E-state index contributed by atoms with van der Waals surface area (Å²) >= 11 is 0. The Hall–Kier alpha value is -1.52. The molecule has 1 aromatic heterocycles. The van der Waals surface area contributed by atoms with Gasteiger partial charge in [-0.2, -0.15) is 5.10 Å². The maximum Gasteiger partial charge on any atom is 0.241 e. The Morgan fingerprint density at radius 3 is 2.62 bits per heavy atom. The van der Waals surface area contributed by atoms with Crippen LogP contribution in [0, 0.1) is 5.92 Å². The molecule has 0 radical (unpaired) electrons. The first-order chi connectivity index (χ1) is 10.2. The number of rotatable bonds is 6. The summed E-state index contributed by atoms with van der Waals surface area (Å²) in [5, 5.41) is 10.8. The number of carbonyl (C=O) groups excluding carboxylic acids is 1. The van der Waals surface area contributed by atoms with Crippen molar-refractivity contribution >= 4 is 11.6 Å². The maximum absolute atomic E-state index is 11.7. The zero-order chi connectivity index (χ0) is 14.7. The molecule has 0 bridgehead atoms. The minimum absolute atomic E-state index is 0.0654. The van der Waals surface area contributed by atoms with Crippen molar-refractivity contribution in [3.63, 3.8) is 0 Å². The summed E-state index contributed by atoms with van der Waals surface area (Å²) in [4.78, 5) is 11.7. The Bertz CT molecular complexity index is 472. The molecular weight excluding hydrogens is 264 g/mol. The number of hydrogen-bond acceptors (Lipinski definition) is 3. The van der Waals surface area contributed by atoms with Crippen molar-refractivity contribution in [2.75, 3.05) is 5.32 Å². The Morgan fingerprint density at radius 2 is 1.95 bits per heavy atom. The average Bonchev–Trinajstić information content (AvgIpc) is 3.19. The van der Waals surface area contributed by atoms with Crippen LogP contribution in [0.2, 0.25) is 0 Å². The molecule has 21 heavy (non-hydrogen) atoms. The van der Waals surface area contributed by atoms with Gasteiger partial charge in [-0.3, -0.25) is 9.48 Å². The van der Waals surface area contributed by atoms with E-state index >= 15 is 0 Å². The molecule has 5 nitrogen and oxygen atoms in total.